The van der Waals surface area contributed by atoms with E-state index in [4.69, 9.17) is 0 Å². The fourth-order valence-corrected chi connectivity index (χ4v) is 4.41. The zero-order chi connectivity index (χ0) is 20.2. The molecule has 1 amide bonds. The summed E-state index contributed by atoms with van der Waals surface area (Å²) in [7, 11) is 0. The van der Waals surface area contributed by atoms with Crippen LogP contribution in [0.1, 0.15) is 54.6 Å². The number of aromatic nitrogens is 1. The van der Waals surface area contributed by atoms with E-state index in [-0.39, 0.29) is 5.91 Å². The van der Waals surface area contributed by atoms with E-state index < -0.39 is 0 Å². The summed E-state index contributed by atoms with van der Waals surface area (Å²) in [4.78, 5) is 15.2. The van der Waals surface area contributed by atoms with Gasteiger partial charge in [-0.15, -0.1) is 0 Å². The lowest BCUT2D eigenvalue weighted by molar-refractivity contribution is 0.102. The maximum absolute atomic E-state index is 12.8. The molecule has 2 saturated heterocycles. The van der Waals surface area contributed by atoms with Crippen molar-refractivity contribution in [3.63, 3.8) is 0 Å². The molecule has 3 heterocycles. The molecule has 6 nitrogen and oxygen atoms in total. The van der Waals surface area contributed by atoms with Gasteiger partial charge in [-0.05, 0) is 80.4 Å². The molecule has 0 atom stereocenters. The minimum Gasteiger partial charge on any atom is -0.370 e. The minimum atomic E-state index is -0.252. The molecule has 0 bridgehead atoms. The van der Waals surface area contributed by atoms with Crippen LogP contribution in [0.2, 0.25) is 0 Å². The Morgan fingerprint density at radius 1 is 1.17 bits per heavy atom. The monoisotopic (exact) mass is 391 g/mol. The summed E-state index contributed by atoms with van der Waals surface area (Å²) < 4.78 is 1.29. The predicted molar refractivity (Wildman–Crippen MR) is 115 cm³/mol. The van der Waals surface area contributed by atoms with Gasteiger partial charge in [0.05, 0.1) is 11.4 Å². The van der Waals surface area contributed by atoms with E-state index in [1.807, 2.05) is 12.3 Å². The highest BCUT2D eigenvalue weighted by molar-refractivity contribution is 6.05. The smallest absolute Gasteiger partial charge is 0.273 e. The molecule has 4 rings (SSSR count). The summed E-state index contributed by atoms with van der Waals surface area (Å²) >= 11 is 0. The molecule has 0 aliphatic carbocycles. The van der Waals surface area contributed by atoms with Crippen molar-refractivity contribution < 1.29 is 4.79 Å². The maximum atomic E-state index is 12.8. The van der Waals surface area contributed by atoms with Crippen LogP contribution in [0.5, 0.6) is 0 Å². The van der Waals surface area contributed by atoms with Crippen LogP contribution in [0.3, 0.4) is 0 Å². The molecule has 2 N–H and O–H groups in total. The van der Waals surface area contributed by atoms with E-state index in [9.17, 15) is 10.1 Å². The lowest BCUT2D eigenvalue weighted by Crippen LogP contribution is -2.34. The molecule has 0 spiro atoms. The summed E-state index contributed by atoms with van der Waals surface area (Å²) in [5.74, 6) is 1.06. The highest BCUT2D eigenvalue weighted by Crippen LogP contribution is 2.35. The fourth-order valence-electron chi connectivity index (χ4n) is 4.41. The average Bonchev–Trinajstić information content (AvgIpc) is 3.24. The number of carbonyl (C=O) groups is 1. The molecule has 2 aromatic rings. The molecule has 2 aliphatic rings. The van der Waals surface area contributed by atoms with Gasteiger partial charge in [0.25, 0.3) is 5.91 Å². The van der Waals surface area contributed by atoms with Crippen LogP contribution >= 0.6 is 0 Å². The molecule has 29 heavy (non-hydrogen) atoms. The summed E-state index contributed by atoms with van der Waals surface area (Å²) in [6.07, 6.45) is 8.26. The Hall–Kier alpha value is -2.78. The quantitative estimate of drug-likeness (QED) is 0.832. The number of nitrogens with zero attached hydrogens (tertiary/aromatic N) is 3. The summed E-state index contributed by atoms with van der Waals surface area (Å²) in [5, 5.41) is 15.7. The van der Waals surface area contributed by atoms with Crippen molar-refractivity contribution in [1.82, 2.24) is 9.88 Å². The molecular formula is C23H29N5O. The van der Waals surface area contributed by atoms with Gasteiger partial charge in [0.15, 0.2) is 6.19 Å². The zero-order valence-electron chi connectivity index (χ0n) is 17.0. The van der Waals surface area contributed by atoms with E-state index >= 15 is 0 Å². The first-order valence-corrected chi connectivity index (χ1v) is 10.6. The number of nitrogens with one attached hydrogen (secondary N) is 2. The molecule has 152 valence electrons. The van der Waals surface area contributed by atoms with Crippen molar-refractivity contribution in [3.05, 3.63) is 47.8 Å². The standard InChI is InChI=1S/C23H29N5O/c1-17-8-13-27(14-9-17)22-15-19(18-6-10-25-11-7-18)4-5-20(22)26-23(29)21-3-2-12-28(21)16-24/h2-5,12,15,17-18,25H,6-11,13-14H2,1H3,(H,26,29). The molecule has 0 unspecified atom stereocenters. The first-order chi connectivity index (χ1) is 14.2. The molecule has 6 heteroatoms. The van der Waals surface area contributed by atoms with Gasteiger partial charge in [-0.1, -0.05) is 13.0 Å². The Morgan fingerprint density at radius 2 is 1.93 bits per heavy atom. The van der Waals surface area contributed by atoms with Gasteiger partial charge < -0.3 is 15.5 Å². The number of hydrogen-bond donors (Lipinski definition) is 2. The highest BCUT2D eigenvalue weighted by Gasteiger charge is 2.23. The van der Waals surface area contributed by atoms with E-state index in [1.165, 1.54) is 23.0 Å². The van der Waals surface area contributed by atoms with Crippen LogP contribution in [0.25, 0.3) is 0 Å². The first-order valence-electron chi connectivity index (χ1n) is 10.6. The third-order valence-corrected chi connectivity index (χ3v) is 6.29. The van der Waals surface area contributed by atoms with Crippen molar-refractivity contribution in [2.24, 2.45) is 5.92 Å². The summed E-state index contributed by atoms with van der Waals surface area (Å²) in [6, 6.07) is 9.87. The molecule has 2 fully saturated rings. The maximum Gasteiger partial charge on any atom is 0.273 e. The van der Waals surface area contributed by atoms with Crippen LogP contribution in [0, 0.1) is 17.4 Å². The topological polar surface area (TPSA) is 73.1 Å². The van der Waals surface area contributed by atoms with E-state index in [2.05, 4.69) is 34.6 Å². The molecule has 0 saturated carbocycles. The molecule has 0 radical (unpaired) electrons. The van der Waals surface area contributed by atoms with Crippen molar-refractivity contribution >= 4 is 17.3 Å². The second-order valence-corrected chi connectivity index (χ2v) is 8.29. The second kappa shape index (κ2) is 8.71. The molecule has 1 aromatic carbocycles. The molecule has 2 aliphatic heterocycles. The van der Waals surface area contributed by atoms with Crippen molar-refractivity contribution in [1.29, 1.82) is 5.26 Å². The molecular weight excluding hydrogens is 362 g/mol. The second-order valence-electron chi connectivity index (χ2n) is 8.29. The number of nitriles is 1. The third-order valence-electron chi connectivity index (χ3n) is 6.29. The number of carbonyl (C=O) groups excluding carboxylic acids is 1. The van der Waals surface area contributed by atoms with E-state index in [0.717, 1.165) is 56.3 Å². The Bertz CT molecular complexity index is 898. The van der Waals surface area contributed by atoms with Crippen molar-refractivity contribution in [2.75, 3.05) is 36.4 Å². The Balaban J connectivity index is 1.62. The van der Waals surface area contributed by atoms with Gasteiger partial charge in [0, 0.05) is 19.3 Å². The van der Waals surface area contributed by atoms with E-state index in [0.29, 0.717) is 11.6 Å². The van der Waals surface area contributed by atoms with Crippen LogP contribution in [0.4, 0.5) is 11.4 Å². The Labute approximate surface area is 172 Å². The van der Waals surface area contributed by atoms with Gasteiger partial charge in [-0.25, -0.2) is 4.57 Å². The van der Waals surface area contributed by atoms with E-state index in [1.54, 1.807) is 18.3 Å². The number of benzene rings is 1. The molecule has 1 aromatic heterocycles. The largest absolute Gasteiger partial charge is 0.370 e. The zero-order valence-corrected chi connectivity index (χ0v) is 17.0. The van der Waals surface area contributed by atoms with Crippen LogP contribution in [0.15, 0.2) is 36.5 Å². The average molecular weight is 392 g/mol. The Kier molecular flexibility index (Phi) is 5.86. The van der Waals surface area contributed by atoms with Gasteiger partial charge in [-0.3, -0.25) is 4.79 Å². The van der Waals surface area contributed by atoms with Crippen molar-refractivity contribution in [2.45, 2.75) is 38.5 Å². The van der Waals surface area contributed by atoms with Crippen molar-refractivity contribution in [3.8, 4) is 6.19 Å². The SMILES string of the molecule is CC1CCN(c2cc(C3CCNCC3)ccc2NC(=O)c2cccn2C#N)CC1. The number of hydrogen-bond acceptors (Lipinski definition) is 4. The van der Waals surface area contributed by atoms with Crippen LogP contribution in [-0.4, -0.2) is 36.7 Å². The highest BCUT2D eigenvalue weighted by atomic mass is 16.2. The van der Waals surface area contributed by atoms with Gasteiger partial charge >= 0.3 is 0 Å². The number of anilines is 2. The number of rotatable bonds is 4. The Morgan fingerprint density at radius 3 is 2.66 bits per heavy atom. The number of amides is 1. The van der Waals surface area contributed by atoms with Gasteiger partial charge in [-0.2, -0.15) is 5.26 Å². The summed E-state index contributed by atoms with van der Waals surface area (Å²) in [5.41, 5.74) is 3.65. The third kappa shape index (κ3) is 4.30. The van der Waals surface area contributed by atoms with Gasteiger partial charge in [0.2, 0.25) is 0 Å². The lowest BCUT2D eigenvalue weighted by Gasteiger charge is -2.34. The first kappa shape index (κ1) is 19.5. The minimum absolute atomic E-state index is 0.252. The van der Waals surface area contributed by atoms with Crippen LogP contribution in [-0.2, 0) is 0 Å². The van der Waals surface area contributed by atoms with Gasteiger partial charge in [0.1, 0.15) is 5.69 Å². The normalized spacial score (nSPS) is 18.4. The number of piperidine rings is 2. The summed E-state index contributed by atoms with van der Waals surface area (Å²) in [6.45, 7) is 6.44. The lowest BCUT2D eigenvalue weighted by atomic mass is 9.89. The van der Waals surface area contributed by atoms with Crippen LogP contribution < -0.4 is 15.5 Å². The predicted octanol–water partition coefficient (Wildman–Crippen LogP) is 3.77. The fraction of sp³-hybridized carbons (Fsp3) is 0.478.